The zero-order chi connectivity index (χ0) is 19.3. The molecule has 0 radical (unpaired) electrons. The molecule has 0 fully saturated rings. The van der Waals surface area contributed by atoms with Crippen molar-refractivity contribution in [2.45, 2.75) is 13.5 Å². The lowest BCUT2D eigenvalue weighted by Gasteiger charge is -2.06. The minimum Gasteiger partial charge on any atom is -0.489 e. The summed E-state index contributed by atoms with van der Waals surface area (Å²) in [6, 6.07) is 24.5. The number of thiazole rings is 1. The molecule has 140 valence electrons. The van der Waals surface area contributed by atoms with Crippen LogP contribution in [0.1, 0.15) is 16.7 Å². The van der Waals surface area contributed by atoms with Gasteiger partial charge in [0, 0.05) is 7.05 Å². The maximum Gasteiger partial charge on any atom is 0.211 e. The third kappa shape index (κ3) is 4.21. The van der Waals surface area contributed by atoms with Crippen LogP contribution in [-0.2, 0) is 13.7 Å². The highest BCUT2D eigenvalue weighted by atomic mass is 32.1. The minimum absolute atomic E-state index is 0.561. The van der Waals surface area contributed by atoms with Crippen LogP contribution in [0, 0.1) is 6.92 Å². The number of nitrogens with zero attached hydrogens (tertiary/aromatic N) is 3. The predicted molar refractivity (Wildman–Crippen MR) is 116 cm³/mol. The van der Waals surface area contributed by atoms with Crippen LogP contribution >= 0.6 is 11.3 Å². The molecule has 1 heterocycles. The first kappa shape index (κ1) is 18.2. The molecule has 0 N–H and O–H groups in total. The quantitative estimate of drug-likeness (QED) is 0.348. The minimum atomic E-state index is 0.561. The van der Waals surface area contributed by atoms with Gasteiger partial charge in [-0.2, -0.15) is 5.10 Å². The van der Waals surface area contributed by atoms with Crippen LogP contribution in [0.25, 0.3) is 10.2 Å². The molecule has 5 heteroatoms. The largest absolute Gasteiger partial charge is 0.489 e. The number of benzene rings is 3. The van der Waals surface area contributed by atoms with Crippen molar-refractivity contribution >= 4 is 27.8 Å². The fourth-order valence-electron chi connectivity index (χ4n) is 2.82. The van der Waals surface area contributed by atoms with E-state index < -0.39 is 0 Å². The Balaban J connectivity index is 1.42. The van der Waals surface area contributed by atoms with E-state index in [2.05, 4.69) is 58.1 Å². The molecule has 0 atom stereocenters. The first-order chi connectivity index (χ1) is 13.7. The lowest BCUT2D eigenvalue weighted by Crippen LogP contribution is -2.08. The van der Waals surface area contributed by atoms with Crippen molar-refractivity contribution in [1.29, 1.82) is 0 Å². The summed E-state index contributed by atoms with van der Waals surface area (Å²) in [6.07, 6.45) is 1.76. The molecule has 0 unspecified atom stereocenters. The smallest absolute Gasteiger partial charge is 0.211 e. The van der Waals surface area contributed by atoms with Crippen molar-refractivity contribution < 1.29 is 4.74 Å². The van der Waals surface area contributed by atoms with Crippen LogP contribution in [0.3, 0.4) is 0 Å². The van der Waals surface area contributed by atoms with E-state index in [0.29, 0.717) is 6.61 Å². The van der Waals surface area contributed by atoms with Crippen LogP contribution in [0.2, 0.25) is 0 Å². The lowest BCUT2D eigenvalue weighted by molar-refractivity contribution is 0.306. The summed E-state index contributed by atoms with van der Waals surface area (Å²) in [7, 11) is 2.01. The van der Waals surface area contributed by atoms with Crippen molar-refractivity contribution in [2.75, 3.05) is 0 Å². The van der Waals surface area contributed by atoms with E-state index in [9.17, 15) is 0 Å². The SMILES string of the molecule is Cc1ccc(COc2ccc(/C=N/N=c3/sc4ccccc4n3C)cc2)cc1. The standard InChI is InChI=1S/C23H21N3OS/c1-17-7-9-19(10-8-17)16-27-20-13-11-18(12-14-20)15-24-25-23-26(2)21-5-3-4-6-22(21)28-23/h3-15H,16H2,1-2H3/b24-15+,25-23+. The fourth-order valence-corrected chi connectivity index (χ4v) is 3.80. The molecule has 4 aromatic rings. The van der Waals surface area contributed by atoms with Gasteiger partial charge in [-0.05, 0) is 54.4 Å². The molecule has 3 aromatic carbocycles. The zero-order valence-electron chi connectivity index (χ0n) is 15.9. The van der Waals surface area contributed by atoms with Crippen LogP contribution in [-0.4, -0.2) is 10.8 Å². The average molecular weight is 388 g/mol. The van der Waals surface area contributed by atoms with Crippen LogP contribution < -0.4 is 9.54 Å². The van der Waals surface area contributed by atoms with Crippen molar-refractivity contribution in [2.24, 2.45) is 17.3 Å². The Bertz CT molecular complexity index is 1170. The molecule has 1 aromatic heterocycles. The number of aromatic nitrogens is 1. The van der Waals surface area contributed by atoms with Crippen molar-refractivity contribution in [3.8, 4) is 5.75 Å². The Hall–Kier alpha value is -3.18. The number of hydrogen-bond donors (Lipinski definition) is 0. The van der Waals surface area contributed by atoms with Gasteiger partial charge in [-0.15, -0.1) is 5.10 Å². The third-order valence-corrected chi connectivity index (χ3v) is 5.57. The molecule has 0 bridgehead atoms. The first-order valence-corrected chi connectivity index (χ1v) is 9.91. The molecular weight excluding hydrogens is 366 g/mol. The summed E-state index contributed by atoms with van der Waals surface area (Å²) in [5.74, 6) is 0.838. The van der Waals surface area contributed by atoms with Gasteiger partial charge >= 0.3 is 0 Å². The van der Waals surface area contributed by atoms with E-state index in [1.807, 2.05) is 43.4 Å². The number of para-hydroxylation sites is 1. The van der Waals surface area contributed by atoms with E-state index >= 15 is 0 Å². The summed E-state index contributed by atoms with van der Waals surface area (Å²) >= 11 is 1.63. The fraction of sp³-hybridized carbons (Fsp3) is 0.130. The molecule has 4 rings (SSSR count). The van der Waals surface area contributed by atoms with Crippen molar-refractivity contribution in [3.63, 3.8) is 0 Å². The summed E-state index contributed by atoms with van der Waals surface area (Å²) in [6.45, 7) is 2.64. The van der Waals surface area contributed by atoms with Crippen LogP contribution in [0.5, 0.6) is 5.75 Å². The highest BCUT2D eigenvalue weighted by molar-refractivity contribution is 7.16. The summed E-state index contributed by atoms with van der Waals surface area (Å²) in [5, 5.41) is 8.61. The van der Waals surface area contributed by atoms with Gasteiger partial charge in [0.25, 0.3) is 0 Å². The van der Waals surface area contributed by atoms with Gasteiger partial charge < -0.3 is 9.30 Å². The molecule has 4 nitrogen and oxygen atoms in total. The highest BCUT2D eigenvalue weighted by Crippen LogP contribution is 2.16. The molecule has 0 aliphatic carbocycles. The maximum absolute atomic E-state index is 5.84. The second kappa shape index (κ2) is 8.23. The molecule has 0 saturated heterocycles. The van der Waals surface area contributed by atoms with Gasteiger partial charge in [0.2, 0.25) is 4.80 Å². The van der Waals surface area contributed by atoms with E-state index in [0.717, 1.165) is 27.2 Å². The number of rotatable bonds is 5. The Morgan fingerprint density at radius 3 is 2.46 bits per heavy atom. The first-order valence-electron chi connectivity index (χ1n) is 9.09. The second-order valence-electron chi connectivity index (χ2n) is 6.60. The van der Waals surface area contributed by atoms with Crippen LogP contribution in [0.15, 0.2) is 83.0 Å². The van der Waals surface area contributed by atoms with Gasteiger partial charge in [-0.25, -0.2) is 0 Å². The van der Waals surface area contributed by atoms with E-state index in [1.165, 1.54) is 10.3 Å². The Morgan fingerprint density at radius 1 is 0.964 bits per heavy atom. The second-order valence-corrected chi connectivity index (χ2v) is 7.61. The molecular formula is C23H21N3OS. The number of hydrogen-bond acceptors (Lipinski definition) is 4. The van der Waals surface area contributed by atoms with Gasteiger partial charge in [0.15, 0.2) is 0 Å². The molecule has 0 aliphatic rings. The summed E-state index contributed by atoms with van der Waals surface area (Å²) in [5.41, 5.74) is 4.56. The molecule has 28 heavy (non-hydrogen) atoms. The molecule has 0 aliphatic heterocycles. The van der Waals surface area contributed by atoms with Crippen molar-refractivity contribution in [1.82, 2.24) is 4.57 Å². The molecule has 0 saturated carbocycles. The summed E-state index contributed by atoms with van der Waals surface area (Å²) in [4.78, 5) is 0.871. The Kier molecular flexibility index (Phi) is 5.35. The van der Waals surface area contributed by atoms with E-state index in [-0.39, 0.29) is 0 Å². The van der Waals surface area contributed by atoms with Crippen molar-refractivity contribution in [3.05, 3.63) is 94.3 Å². The number of fused-ring (bicyclic) bond motifs is 1. The van der Waals surface area contributed by atoms with E-state index in [4.69, 9.17) is 4.74 Å². The molecule has 0 spiro atoms. The average Bonchev–Trinajstić information content (AvgIpc) is 3.04. The van der Waals surface area contributed by atoms with E-state index in [1.54, 1.807) is 17.6 Å². The van der Waals surface area contributed by atoms with Gasteiger partial charge in [-0.1, -0.05) is 53.3 Å². The Morgan fingerprint density at radius 2 is 1.71 bits per heavy atom. The highest BCUT2D eigenvalue weighted by Gasteiger charge is 2.00. The van der Waals surface area contributed by atoms with Gasteiger partial charge in [0.05, 0.1) is 16.4 Å². The number of ether oxygens (including phenoxy) is 1. The zero-order valence-corrected chi connectivity index (χ0v) is 16.7. The summed E-state index contributed by atoms with van der Waals surface area (Å²) < 4.78 is 9.10. The predicted octanol–water partition coefficient (Wildman–Crippen LogP) is 5.06. The van der Waals surface area contributed by atoms with Gasteiger partial charge in [0.1, 0.15) is 12.4 Å². The monoisotopic (exact) mass is 387 g/mol. The van der Waals surface area contributed by atoms with Crippen LogP contribution in [0.4, 0.5) is 0 Å². The lowest BCUT2D eigenvalue weighted by atomic mass is 10.2. The maximum atomic E-state index is 5.84. The normalized spacial score (nSPS) is 12.1. The molecule has 0 amide bonds. The van der Waals surface area contributed by atoms with Gasteiger partial charge in [-0.3, -0.25) is 0 Å². The topological polar surface area (TPSA) is 38.9 Å². The third-order valence-electron chi connectivity index (χ3n) is 4.47. The number of aryl methyl sites for hydroxylation is 2. The Labute approximate surface area is 168 Å².